The minimum absolute atomic E-state index is 0.229. The van der Waals surface area contributed by atoms with Crippen LogP contribution in [0.15, 0.2) is 70.7 Å². The van der Waals surface area contributed by atoms with Crippen LogP contribution >= 0.6 is 15.9 Å². The number of carbonyl (C=O) groups excluding carboxylic acids is 5. The summed E-state index contributed by atoms with van der Waals surface area (Å²) in [5.74, 6) is -2.05. The maximum atomic E-state index is 13.3. The van der Waals surface area contributed by atoms with Crippen LogP contribution in [0.25, 0.3) is 6.08 Å². The van der Waals surface area contributed by atoms with Crippen molar-refractivity contribution in [1.82, 2.24) is 5.32 Å². The lowest BCUT2D eigenvalue weighted by atomic mass is 10.1. The van der Waals surface area contributed by atoms with Gasteiger partial charge in [0.15, 0.2) is 18.1 Å². The standard InChI is InChI=1S/C31H28BrN3O8/c1-4-41-25-16-19(14-23-28(37)34-31(40)35(29(23)38)22-8-6-7-18(3)13-22)15-24(32)27(25)43-17-26(36)33-21-11-9-20(10-12-21)30(39)42-5-2/h6-16H,4-5,17H2,1-3H3,(H,33,36)(H,34,37,40). The minimum Gasteiger partial charge on any atom is -0.490 e. The van der Waals surface area contributed by atoms with E-state index in [9.17, 15) is 24.0 Å². The van der Waals surface area contributed by atoms with Gasteiger partial charge in [-0.3, -0.25) is 19.7 Å². The van der Waals surface area contributed by atoms with Crippen LogP contribution in [0.1, 0.15) is 35.3 Å². The molecule has 1 fully saturated rings. The van der Waals surface area contributed by atoms with E-state index >= 15 is 0 Å². The zero-order chi connectivity index (χ0) is 31.1. The summed E-state index contributed by atoms with van der Waals surface area (Å²) in [5, 5.41) is 4.89. The Morgan fingerprint density at radius 1 is 0.977 bits per heavy atom. The van der Waals surface area contributed by atoms with Crippen LogP contribution in [0, 0.1) is 6.92 Å². The fraction of sp³-hybridized carbons (Fsp3) is 0.194. The van der Waals surface area contributed by atoms with Gasteiger partial charge in [-0.15, -0.1) is 0 Å². The van der Waals surface area contributed by atoms with Gasteiger partial charge in [0.25, 0.3) is 17.7 Å². The minimum atomic E-state index is -0.842. The van der Waals surface area contributed by atoms with E-state index in [2.05, 4.69) is 26.6 Å². The Kier molecular flexibility index (Phi) is 9.94. The summed E-state index contributed by atoms with van der Waals surface area (Å²) in [5.41, 5.74) is 2.14. The highest BCUT2D eigenvalue weighted by atomic mass is 79.9. The molecule has 4 rings (SSSR count). The number of barbiturate groups is 1. The van der Waals surface area contributed by atoms with Crippen LogP contribution in [0.4, 0.5) is 16.2 Å². The van der Waals surface area contributed by atoms with Crippen LogP contribution in [0.5, 0.6) is 11.5 Å². The Balaban J connectivity index is 1.51. The normalized spacial score (nSPS) is 13.9. The maximum Gasteiger partial charge on any atom is 0.338 e. The molecule has 43 heavy (non-hydrogen) atoms. The van der Waals surface area contributed by atoms with Gasteiger partial charge in [0.05, 0.1) is 28.9 Å². The third-order valence-corrected chi connectivity index (χ3v) is 6.62. The molecule has 3 aromatic rings. The molecule has 0 spiro atoms. The highest BCUT2D eigenvalue weighted by Gasteiger charge is 2.37. The number of nitrogens with one attached hydrogen (secondary N) is 2. The molecule has 222 valence electrons. The summed E-state index contributed by atoms with van der Waals surface area (Å²) in [6.07, 6.45) is 1.34. The van der Waals surface area contributed by atoms with Crippen LogP contribution in [0.3, 0.4) is 0 Å². The third-order valence-electron chi connectivity index (χ3n) is 6.03. The number of benzene rings is 3. The van der Waals surface area contributed by atoms with E-state index in [-0.39, 0.29) is 36.9 Å². The number of esters is 1. The predicted octanol–water partition coefficient (Wildman–Crippen LogP) is 5.02. The van der Waals surface area contributed by atoms with E-state index in [0.717, 1.165) is 10.5 Å². The molecular weight excluding hydrogens is 622 g/mol. The predicted molar refractivity (Wildman–Crippen MR) is 162 cm³/mol. The number of hydrogen-bond donors (Lipinski definition) is 2. The smallest absolute Gasteiger partial charge is 0.338 e. The topological polar surface area (TPSA) is 140 Å². The Labute approximate surface area is 255 Å². The van der Waals surface area contributed by atoms with E-state index in [0.29, 0.717) is 27.0 Å². The fourth-order valence-corrected chi connectivity index (χ4v) is 4.71. The lowest BCUT2D eigenvalue weighted by Gasteiger charge is -2.26. The molecule has 0 unspecified atom stereocenters. The number of amides is 5. The van der Waals surface area contributed by atoms with Crippen molar-refractivity contribution in [1.29, 1.82) is 0 Å². The second kappa shape index (κ2) is 13.8. The number of anilines is 2. The van der Waals surface area contributed by atoms with E-state index in [1.54, 1.807) is 68.4 Å². The lowest BCUT2D eigenvalue weighted by Crippen LogP contribution is -2.54. The van der Waals surface area contributed by atoms with Gasteiger partial charge in [0.2, 0.25) is 0 Å². The molecule has 3 aromatic carbocycles. The van der Waals surface area contributed by atoms with Gasteiger partial charge in [-0.2, -0.15) is 0 Å². The highest BCUT2D eigenvalue weighted by Crippen LogP contribution is 2.38. The molecule has 0 bridgehead atoms. The molecule has 1 aliphatic rings. The van der Waals surface area contributed by atoms with Gasteiger partial charge in [-0.1, -0.05) is 12.1 Å². The van der Waals surface area contributed by atoms with E-state index in [1.165, 1.54) is 6.08 Å². The maximum absolute atomic E-state index is 13.3. The summed E-state index contributed by atoms with van der Waals surface area (Å²) >= 11 is 3.42. The molecule has 0 saturated carbocycles. The zero-order valence-corrected chi connectivity index (χ0v) is 25.1. The number of imide groups is 2. The molecule has 0 radical (unpaired) electrons. The van der Waals surface area contributed by atoms with Gasteiger partial charge >= 0.3 is 12.0 Å². The summed E-state index contributed by atoms with van der Waals surface area (Å²) in [6.45, 7) is 5.45. The fourth-order valence-electron chi connectivity index (χ4n) is 4.14. The van der Waals surface area contributed by atoms with Gasteiger partial charge in [0, 0.05) is 5.69 Å². The molecule has 0 aromatic heterocycles. The number of aryl methyl sites for hydroxylation is 1. The molecule has 12 heteroatoms. The third kappa shape index (κ3) is 7.46. The molecule has 0 aliphatic carbocycles. The molecule has 0 atom stereocenters. The van der Waals surface area contributed by atoms with Gasteiger partial charge in [0.1, 0.15) is 5.57 Å². The molecule has 11 nitrogen and oxygen atoms in total. The van der Waals surface area contributed by atoms with E-state index in [1.807, 2.05) is 13.0 Å². The van der Waals surface area contributed by atoms with Crippen molar-refractivity contribution in [2.45, 2.75) is 20.8 Å². The molecule has 2 N–H and O–H groups in total. The Morgan fingerprint density at radius 2 is 1.72 bits per heavy atom. The van der Waals surface area contributed by atoms with Gasteiger partial charge in [-0.05, 0) is 102 Å². The number of nitrogens with zero attached hydrogens (tertiary/aromatic N) is 1. The first-order valence-corrected chi connectivity index (χ1v) is 14.0. The van der Waals surface area contributed by atoms with Crippen LogP contribution in [0.2, 0.25) is 0 Å². The molecular formula is C31H28BrN3O8. The first-order valence-electron chi connectivity index (χ1n) is 13.3. The Bertz CT molecular complexity index is 1620. The lowest BCUT2D eigenvalue weighted by molar-refractivity contribution is -0.122. The van der Waals surface area contributed by atoms with Crippen molar-refractivity contribution in [3.05, 3.63) is 87.4 Å². The van der Waals surface area contributed by atoms with Gasteiger partial charge < -0.3 is 19.5 Å². The van der Waals surface area contributed by atoms with Crippen LogP contribution in [-0.4, -0.2) is 49.5 Å². The number of urea groups is 1. The molecule has 5 amide bonds. The monoisotopic (exact) mass is 649 g/mol. The van der Waals surface area contributed by atoms with E-state index < -0.39 is 29.7 Å². The van der Waals surface area contributed by atoms with Crippen LogP contribution in [-0.2, 0) is 19.1 Å². The Morgan fingerprint density at radius 3 is 2.40 bits per heavy atom. The summed E-state index contributed by atoms with van der Waals surface area (Å²) < 4.78 is 16.8. The highest BCUT2D eigenvalue weighted by molar-refractivity contribution is 9.10. The molecule has 1 saturated heterocycles. The molecule has 1 aliphatic heterocycles. The van der Waals surface area contributed by atoms with E-state index in [4.69, 9.17) is 14.2 Å². The number of halogens is 1. The van der Waals surface area contributed by atoms with Crippen molar-refractivity contribution in [2.24, 2.45) is 0 Å². The largest absolute Gasteiger partial charge is 0.490 e. The number of hydrogen-bond acceptors (Lipinski definition) is 8. The summed E-state index contributed by atoms with van der Waals surface area (Å²) in [7, 11) is 0. The van der Waals surface area contributed by atoms with Crippen LogP contribution < -0.4 is 25.0 Å². The van der Waals surface area contributed by atoms with Crippen molar-refractivity contribution >= 4 is 63.1 Å². The number of ether oxygens (including phenoxy) is 3. The molecule has 1 heterocycles. The average Bonchev–Trinajstić information content (AvgIpc) is 2.95. The van der Waals surface area contributed by atoms with Crippen molar-refractivity contribution < 1.29 is 38.2 Å². The second-order valence-corrected chi connectivity index (χ2v) is 10.0. The van der Waals surface area contributed by atoms with Gasteiger partial charge in [-0.25, -0.2) is 14.5 Å². The average molecular weight is 650 g/mol. The van der Waals surface area contributed by atoms with Crippen molar-refractivity contribution in [3.8, 4) is 11.5 Å². The SMILES string of the molecule is CCOC(=O)c1ccc(NC(=O)COc2c(Br)cc(C=C3C(=O)NC(=O)N(c4cccc(C)c4)C3=O)cc2OCC)cc1. The van der Waals surface area contributed by atoms with Crippen molar-refractivity contribution in [2.75, 3.05) is 30.0 Å². The second-order valence-electron chi connectivity index (χ2n) is 9.19. The zero-order valence-electron chi connectivity index (χ0n) is 23.6. The first-order chi connectivity index (χ1) is 20.6. The number of carbonyl (C=O) groups is 5. The summed E-state index contributed by atoms with van der Waals surface area (Å²) in [4.78, 5) is 63.7. The Hall–Kier alpha value is -4.97. The quantitative estimate of drug-likeness (QED) is 0.177. The number of rotatable bonds is 10. The first kappa shape index (κ1) is 31.0. The van der Waals surface area contributed by atoms with Crippen molar-refractivity contribution in [3.63, 3.8) is 0 Å². The summed E-state index contributed by atoms with van der Waals surface area (Å²) in [6, 6.07) is 15.3.